The fraction of sp³-hybridized carbons (Fsp3) is 0.235. The summed E-state index contributed by atoms with van der Waals surface area (Å²) in [5.41, 5.74) is -3.68. The molecule has 10 heteroatoms. The number of hydrogen-bond acceptors (Lipinski definition) is 4. The lowest BCUT2D eigenvalue weighted by molar-refractivity contribution is -0.0429. The Morgan fingerprint density at radius 1 is 1.19 bits per heavy atom. The van der Waals surface area contributed by atoms with Crippen molar-refractivity contribution in [1.82, 2.24) is 0 Å². The normalized spacial score (nSPS) is 12.8. The Balaban J connectivity index is 2.43. The first-order chi connectivity index (χ1) is 12.4. The molecule has 0 radical (unpaired) electrons. The van der Waals surface area contributed by atoms with Gasteiger partial charge in [-0.15, -0.1) is 0 Å². The summed E-state index contributed by atoms with van der Waals surface area (Å²) in [4.78, 5) is 0. The molecule has 5 nitrogen and oxygen atoms in total. The highest BCUT2D eigenvalue weighted by atomic mass is 35.5. The van der Waals surface area contributed by atoms with Crippen LogP contribution in [-0.4, -0.2) is 26.7 Å². The fourth-order valence-electron chi connectivity index (χ4n) is 2.26. The van der Waals surface area contributed by atoms with Crippen molar-refractivity contribution in [1.29, 1.82) is 0 Å². The Hall–Kier alpha value is -2.26. The molecule has 1 N–H and O–H groups in total. The highest BCUT2D eigenvalue weighted by molar-refractivity contribution is 7.93. The van der Waals surface area contributed by atoms with Gasteiger partial charge in [-0.1, -0.05) is 29.3 Å². The van der Waals surface area contributed by atoms with Crippen molar-refractivity contribution < 1.29 is 21.6 Å². The molecule has 0 atom stereocenters. The van der Waals surface area contributed by atoms with E-state index in [1.165, 1.54) is 17.1 Å². The summed E-state index contributed by atoms with van der Waals surface area (Å²) in [6.45, 7) is 3.31. The van der Waals surface area contributed by atoms with Gasteiger partial charge in [0.25, 0.3) is 0 Å². The molecule has 0 amide bonds. The summed E-state index contributed by atoms with van der Waals surface area (Å²) in [7, 11) is -3.90. The van der Waals surface area contributed by atoms with E-state index in [-0.39, 0.29) is 11.3 Å². The third kappa shape index (κ3) is 5.14. The molecule has 0 saturated carbocycles. The average molecular weight is 420 g/mol. The van der Waals surface area contributed by atoms with Crippen molar-refractivity contribution in [3.8, 4) is 0 Å². The molecule has 0 aliphatic rings. The minimum absolute atomic E-state index is 0.210. The second-order valence-electron chi connectivity index (χ2n) is 5.79. The van der Waals surface area contributed by atoms with Gasteiger partial charge < -0.3 is 0 Å². The number of halogens is 4. The lowest BCUT2D eigenvalue weighted by Gasteiger charge is -2.18. The zero-order valence-electron chi connectivity index (χ0n) is 14.7. The molecule has 2 rings (SSSR count). The van der Waals surface area contributed by atoms with Gasteiger partial charge in [0.05, 0.1) is 17.1 Å². The number of hydrogen-bond donors (Lipinski definition) is 1. The van der Waals surface area contributed by atoms with Gasteiger partial charge in [0.1, 0.15) is 0 Å². The second-order valence-corrected chi connectivity index (χ2v) is 7.90. The smallest absolute Gasteiger partial charge is 0.275 e. The van der Waals surface area contributed by atoms with E-state index in [1.807, 2.05) is 0 Å². The predicted molar refractivity (Wildman–Crippen MR) is 102 cm³/mol. The molecule has 2 aromatic carbocycles. The maximum atomic E-state index is 12.7. The van der Waals surface area contributed by atoms with Crippen LogP contribution in [0.3, 0.4) is 0 Å². The Morgan fingerprint density at radius 3 is 2.44 bits per heavy atom. The lowest BCUT2D eigenvalue weighted by atomic mass is 10.1. The summed E-state index contributed by atoms with van der Waals surface area (Å²) >= 11 is 5.95. The highest BCUT2D eigenvalue weighted by Gasteiger charge is 2.46. The van der Waals surface area contributed by atoms with E-state index in [2.05, 4.69) is 5.10 Å². The van der Waals surface area contributed by atoms with Crippen LogP contribution in [0.2, 0.25) is 5.02 Å². The molecule has 2 aromatic rings. The Kier molecular flexibility index (Phi) is 6.06. The molecule has 0 aromatic heterocycles. The molecule has 0 aliphatic heterocycles. The Morgan fingerprint density at radius 2 is 1.85 bits per heavy atom. The number of alkyl halides is 3. The van der Waals surface area contributed by atoms with Gasteiger partial charge in [-0.25, -0.2) is 0 Å². The standard InChI is InChI=1S/C17H17ClF3N3O2S/c1-11-7-8-16(23-27(25,26)17(19,20)21)15(9-11)12(2)22-24(3)14-6-4-5-13(18)10-14/h4-10,23H,1-3H3/b22-12+. The van der Waals surface area contributed by atoms with E-state index in [1.54, 1.807) is 55.9 Å². The van der Waals surface area contributed by atoms with Gasteiger partial charge >= 0.3 is 15.5 Å². The van der Waals surface area contributed by atoms with Crippen molar-refractivity contribution in [3.63, 3.8) is 0 Å². The molecule has 0 fully saturated rings. The van der Waals surface area contributed by atoms with Gasteiger partial charge in [-0.05, 0) is 44.2 Å². The first-order valence-electron chi connectivity index (χ1n) is 7.65. The molecule has 0 aliphatic carbocycles. The summed E-state index contributed by atoms with van der Waals surface area (Å²) in [5, 5.41) is 6.32. The van der Waals surface area contributed by atoms with Crippen LogP contribution in [0.25, 0.3) is 0 Å². The van der Waals surface area contributed by atoms with Gasteiger partial charge in [0.2, 0.25) is 0 Å². The van der Waals surface area contributed by atoms with Crippen molar-refractivity contribution in [2.75, 3.05) is 16.8 Å². The maximum Gasteiger partial charge on any atom is 0.516 e. The van der Waals surface area contributed by atoms with E-state index >= 15 is 0 Å². The minimum Gasteiger partial charge on any atom is -0.275 e. The monoisotopic (exact) mass is 419 g/mol. The van der Waals surface area contributed by atoms with Gasteiger partial charge in [-0.3, -0.25) is 9.73 Å². The van der Waals surface area contributed by atoms with Crippen molar-refractivity contribution in [2.45, 2.75) is 19.4 Å². The maximum absolute atomic E-state index is 12.7. The molecule has 0 heterocycles. The molecule has 0 spiro atoms. The Labute approximate surface area is 160 Å². The summed E-state index contributed by atoms with van der Waals surface area (Å²) in [6.07, 6.45) is 0. The van der Waals surface area contributed by atoms with E-state index in [0.717, 1.165) is 5.56 Å². The van der Waals surface area contributed by atoms with E-state index < -0.39 is 15.5 Å². The average Bonchev–Trinajstić information content (AvgIpc) is 2.55. The molecular weight excluding hydrogens is 403 g/mol. The number of nitrogens with one attached hydrogen (secondary N) is 1. The van der Waals surface area contributed by atoms with Crippen molar-refractivity contribution in [3.05, 3.63) is 58.6 Å². The lowest BCUT2D eigenvalue weighted by Crippen LogP contribution is -2.30. The van der Waals surface area contributed by atoms with Crippen LogP contribution in [0.5, 0.6) is 0 Å². The van der Waals surface area contributed by atoms with Gasteiger partial charge in [0, 0.05) is 17.6 Å². The van der Waals surface area contributed by atoms with Crippen LogP contribution in [0.15, 0.2) is 47.6 Å². The third-order valence-corrected chi connectivity index (χ3v) is 4.93. The zero-order valence-corrected chi connectivity index (χ0v) is 16.2. The van der Waals surface area contributed by atoms with Crippen LogP contribution in [0, 0.1) is 6.92 Å². The molecule has 0 saturated heterocycles. The third-order valence-electron chi connectivity index (χ3n) is 3.60. The number of nitrogens with zero attached hydrogens (tertiary/aromatic N) is 2. The summed E-state index contributed by atoms with van der Waals surface area (Å²) in [5.74, 6) is 0. The molecule has 0 bridgehead atoms. The fourth-order valence-corrected chi connectivity index (χ4v) is 3.03. The van der Waals surface area contributed by atoms with Crippen LogP contribution < -0.4 is 9.73 Å². The van der Waals surface area contributed by atoms with Crippen LogP contribution in [0.4, 0.5) is 24.5 Å². The SMILES string of the molecule is C/C(=N\N(C)c1cccc(Cl)c1)c1cc(C)ccc1NS(=O)(=O)C(F)(F)F. The van der Waals surface area contributed by atoms with E-state index in [4.69, 9.17) is 11.6 Å². The summed E-state index contributed by atoms with van der Waals surface area (Å²) in [6, 6.07) is 11.2. The summed E-state index contributed by atoms with van der Waals surface area (Å²) < 4.78 is 62.6. The molecular formula is C17H17ClF3N3O2S. The first-order valence-corrected chi connectivity index (χ1v) is 9.51. The van der Waals surface area contributed by atoms with Crippen LogP contribution in [-0.2, 0) is 10.0 Å². The van der Waals surface area contributed by atoms with Crippen molar-refractivity contribution in [2.24, 2.45) is 5.10 Å². The number of aryl methyl sites for hydroxylation is 1. The predicted octanol–water partition coefficient (Wildman–Crippen LogP) is 4.77. The Bertz CT molecular complexity index is 976. The number of hydrazone groups is 1. The number of rotatable bonds is 5. The highest BCUT2D eigenvalue weighted by Crippen LogP contribution is 2.28. The quantitative estimate of drug-likeness (QED) is 0.561. The van der Waals surface area contributed by atoms with E-state index in [9.17, 15) is 21.6 Å². The molecule has 146 valence electrons. The topological polar surface area (TPSA) is 61.8 Å². The van der Waals surface area contributed by atoms with Gasteiger partial charge in [-0.2, -0.15) is 26.7 Å². The number of benzene rings is 2. The largest absolute Gasteiger partial charge is 0.516 e. The zero-order chi connectivity index (χ0) is 20.4. The van der Waals surface area contributed by atoms with Crippen LogP contribution >= 0.6 is 11.6 Å². The second kappa shape index (κ2) is 7.77. The number of anilines is 2. The number of sulfonamides is 1. The minimum atomic E-state index is -5.54. The first kappa shape index (κ1) is 21.0. The van der Waals surface area contributed by atoms with E-state index in [0.29, 0.717) is 16.4 Å². The molecule has 27 heavy (non-hydrogen) atoms. The van der Waals surface area contributed by atoms with Crippen molar-refractivity contribution >= 4 is 38.7 Å². The molecule has 0 unspecified atom stereocenters. The van der Waals surface area contributed by atoms with Crippen LogP contribution in [0.1, 0.15) is 18.1 Å². The van der Waals surface area contributed by atoms with Gasteiger partial charge in [0.15, 0.2) is 0 Å².